The summed E-state index contributed by atoms with van der Waals surface area (Å²) in [5, 5.41) is 16.5. The number of fused-ring (bicyclic) bond motifs is 1. The first-order valence-corrected chi connectivity index (χ1v) is 14.1. The molecule has 3 N–H and O–H groups in total. The smallest absolute Gasteiger partial charge is 0.246 e. The number of aliphatic hydroxyl groups excluding tert-OH is 1. The molecule has 210 valence electrons. The molecule has 0 radical (unpaired) electrons. The summed E-state index contributed by atoms with van der Waals surface area (Å²) in [6.45, 7) is 14.0. The Morgan fingerprint density at radius 2 is 1.76 bits per heavy atom. The van der Waals surface area contributed by atoms with Gasteiger partial charge in [-0.2, -0.15) is 0 Å². The first kappa shape index (κ1) is 28.6. The van der Waals surface area contributed by atoms with E-state index < -0.39 is 40.7 Å². The van der Waals surface area contributed by atoms with E-state index in [1.54, 1.807) is 4.90 Å². The van der Waals surface area contributed by atoms with Crippen molar-refractivity contribution >= 4 is 23.4 Å². The average Bonchev–Trinajstić information content (AvgIpc) is 3.42. The molecule has 0 aromatic heterocycles. The molecule has 1 aromatic carbocycles. The quantitative estimate of drug-likeness (QED) is 0.452. The maximum Gasteiger partial charge on any atom is 0.246 e. The maximum atomic E-state index is 14.2. The Labute approximate surface area is 226 Å². The first-order chi connectivity index (χ1) is 17.7. The van der Waals surface area contributed by atoms with Gasteiger partial charge in [0.15, 0.2) is 0 Å². The molecule has 8 heteroatoms. The highest BCUT2D eigenvalue weighted by molar-refractivity contribution is 6.02. The van der Waals surface area contributed by atoms with Crippen LogP contribution < -0.4 is 10.6 Å². The van der Waals surface area contributed by atoms with E-state index in [2.05, 4.69) is 31.4 Å². The summed E-state index contributed by atoms with van der Waals surface area (Å²) in [7, 11) is 0. The minimum absolute atomic E-state index is 0.0188. The molecule has 2 unspecified atom stereocenters. The topological polar surface area (TPSA) is 108 Å². The lowest BCUT2D eigenvalue weighted by molar-refractivity contribution is -0.151. The molecule has 0 saturated carbocycles. The lowest BCUT2D eigenvalue weighted by Gasteiger charge is -2.40. The summed E-state index contributed by atoms with van der Waals surface area (Å²) >= 11 is 0. The van der Waals surface area contributed by atoms with Crippen molar-refractivity contribution in [2.45, 2.75) is 109 Å². The second-order valence-corrected chi connectivity index (χ2v) is 13.3. The van der Waals surface area contributed by atoms with Crippen LogP contribution in [0.15, 0.2) is 30.3 Å². The summed E-state index contributed by atoms with van der Waals surface area (Å²) in [5.41, 5.74) is -1.82. The maximum absolute atomic E-state index is 14.2. The fourth-order valence-electron chi connectivity index (χ4n) is 7.67. The molecule has 1 aromatic rings. The number of ether oxygens (including phenoxy) is 1. The van der Waals surface area contributed by atoms with E-state index in [-0.39, 0.29) is 29.7 Å². The van der Waals surface area contributed by atoms with Gasteiger partial charge in [0.1, 0.15) is 11.6 Å². The number of aliphatic hydroxyl groups is 1. The zero-order valence-electron chi connectivity index (χ0n) is 24.0. The number of hydrogen-bond acceptors (Lipinski definition) is 5. The second-order valence-electron chi connectivity index (χ2n) is 13.3. The van der Waals surface area contributed by atoms with Crippen LogP contribution in [0, 0.1) is 17.3 Å². The molecule has 3 aliphatic rings. The fourth-order valence-corrected chi connectivity index (χ4v) is 7.67. The van der Waals surface area contributed by atoms with Gasteiger partial charge in [0, 0.05) is 11.2 Å². The van der Waals surface area contributed by atoms with Crippen molar-refractivity contribution in [1.29, 1.82) is 0 Å². The molecule has 4 rings (SSSR count). The highest BCUT2D eigenvalue weighted by atomic mass is 16.5. The second kappa shape index (κ2) is 9.94. The largest absolute Gasteiger partial charge is 0.394 e. The summed E-state index contributed by atoms with van der Waals surface area (Å²) in [6, 6.07) is 7.74. The summed E-state index contributed by atoms with van der Waals surface area (Å²) in [5.74, 6) is -2.33. The van der Waals surface area contributed by atoms with Crippen molar-refractivity contribution in [2.24, 2.45) is 17.3 Å². The molecule has 0 aliphatic carbocycles. The normalized spacial score (nSPS) is 31.3. The summed E-state index contributed by atoms with van der Waals surface area (Å²) < 4.78 is 6.82. The third kappa shape index (κ3) is 4.75. The molecule has 3 amide bonds. The van der Waals surface area contributed by atoms with Crippen LogP contribution in [0.25, 0.3) is 0 Å². The number of hydrogen-bond donors (Lipinski definition) is 3. The molecule has 3 fully saturated rings. The molecule has 1 spiro atoms. The van der Waals surface area contributed by atoms with Gasteiger partial charge in [0.05, 0.1) is 30.1 Å². The number of rotatable bonds is 9. The first-order valence-electron chi connectivity index (χ1n) is 14.1. The van der Waals surface area contributed by atoms with E-state index in [0.717, 1.165) is 6.42 Å². The van der Waals surface area contributed by atoms with Crippen LogP contribution in [0.3, 0.4) is 0 Å². The lowest BCUT2D eigenvalue weighted by atomic mass is 9.65. The van der Waals surface area contributed by atoms with Crippen molar-refractivity contribution in [1.82, 2.24) is 10.2 Å². The van der Waals surface area contributed by atoms with E-state index >= 15 is 0 Å². The van der Waals surface area contributed by atoms with Gasteiger partial charge < -0.3 is 25.4 Å². The molecular weight excluding hydrogens is 482 g/mol. The summed E-state index contributed by atoms with van der Waals surface area (Å²) in [6.07, 6.45) is 2.90. The van der Waals surface area contributed by atoms with E-state index in [4.69, 9.17) is 4.74 Å². The molecule has 3 heterocycles. The van der Waals surface area contributed by atoms with E-state index in [1.165, 1.54) is 0 Å². The fraction of sp³-hybridized carbons (Fsp3) is 0.700. The predicted octanol–water partition coefficient (Wildman–Crippen LogP) is 3.88. The Kier molecular flexibility index (Phi) is 7.47. The van der Waals surface area contributed by atoms with Crippen LogP contribution in [-0.4, -0.2) is 63.2 Å². The molecule has 38 heavy (non-hydrogen) atoms. The van der Waals surface area contributed by atoms with Gasteiger partial charge in [-0.05, 0) is 63.5 Å². The van der Waals surface area contributed by atoms with Gasteiger partial charge in [-0.25, -0.2) is 0 Å². The number of likely N-dealkylation sites (tertiary alicyclic amines) is 1. The number of anilines is 1. The van der Waals surface area contributed by atoms with Crippen LogP contribution in [0.2, 0.25) is 0 Å². The summed E-state index contributed by atoms with van der Waals surface area (Å²) in [4.78, 5) is 43.8. The Morgan fingerprint density at radius 1 is 1.11 bits per heavy atom. The van der Waals surface area contributed by atoms with Crippen LogP contribution in [-0.2, 0) is 19.1 Å². The SMILES string of the molecule is CC[C@@H](CO)N1C(=O)[C@@H]2[C@@H](C(=O)Nc3ccccc3)[C@@]3(CC)CCC2(O3)C1C(=O)NC(C)(C)CC(C)(C)C. The number of amides is 3. The predicted molar refractivity (Wildman–Crippen MR) is 146 cm³/mol. The van der Waals surface area contributed by atoms with E-state index in [9.17, 15) is 19.5 Å². The molecule has 3 saturated heterocycles. The molecule has 3 aliphatic heterocycles. The Balaban J connectivity index is 1.75. The number of carbonyl (C=O) groups excluding carboxylic acids is 3. The minimum atomic E-state index is -1.11. The number of nitrogens with one attached hydrogen (secondary N) is 2. The number of nitrogens with zero attached hydrogens (tertiary/aromatic N) is 1. The molecule has 6 atom stereocenters. The van der Waals surface area contributed by atoms with Gasteiger partial charge in [0.25, 0.3) is 0 Å². The zero-order valence-corrected chi connectivity index (χ0v) is 24.0. The zero-order chi connectivity index (χ0) is 28.1. The number of benzene rings is 1. The lowest BCUT2D eigenvalue weighted by Crippen LogP contribution is -2.61. The van der Waals surface area contributed by atoms with Gasteiger partial charge in [-0.1, -0.05) is 52.8 Å². The highest BCUT2D eigenvalue weighted by Gasteiger charge is 2.79. The van der Waals surface area contributed by atoms with Gasteiger partial charge >= 0.3 is 0 Å². The minimum Gasteiger partial charge on any atom is -0.394 e. The Hall–Kier alpha value is -2.45. The number of para-hydroxylation sites is 1. The van der Waals surface area contributed by atoms with Crippen LogP contribution in [0.1, 0.15) is 80.6 Å². The standard InChI is InChI=1S/C30H45N3O5/c1-8-20(17-34)33-23(25(36)32-28(6,7)18-27(3,4)5)30-16-15-29(9-2,38-30)21(22(30)26(33)37)24(35)31-19-13-11-10-12-14-19/h10-14,20-23,34H,8-9,15-18H2,1-7H3,(H,31,35)(H,32,36)/t20-,21-,22-,23?,29+,30?/m0/s1. The van der Waals surface area contributed by atoms with Crippen molar-refractivity contribution in [3.63, 3.8) is 0 Å². The number of carbonyl (C=O) groups is 3. The Morgan fingerprint density at radius 3 is 2.32 bits per heavy atom. The van der Waals surface area contributed by atoms with Gasteiger partial charge in [-0.3, -0.25) is 14.4 Å². The van der Waals surface area contributed by atoms with Gasteiger partial charge in [0.2, 0.25) is 17.7 Å². The highest BCUT2D eigenvalue weighted by Crippen LogP contribution is 2.64. The third-order valence-corrected chi connectivity index (χ3v) is 8.70. The van der Waals surface area contributed by atoms with E-state index in [0.29, 0.717) is 31.4 Å². The van der Waals surface area contributed by atoms with Crippen LogP contribution in [0.5, 0.6) is 0 Å². The van der Waals surface area contributed by atoms with Crippen LogP contribution in [0.4, 0.5) is 5.69 Å². The third-order valence-electron chi connectivity index (χ3n) is 8.70. The van der Waals surface area contributed by atoms with Crippen LogP contribution >= 0.6 is 0 Å². The van der Waals surface area contributed by atoms with Gasteiger partial charge in [-0.15, -0.1) is 0 Å². The Bertz CT molecular complexity index is 1060. The molecule has 8 nitrogen and oxygen atoms in total. The van der Waals surface area contributed by atoms with Crippen molar-refractivity contribution in [3.05, 3.63) is 30.3 Å². The van der Waals surface area contributed by atoms with E-state index in [1.807, 2.05) is 58.0 Å². The average molecular weight is 528 g/mol. The molecular formula is C30H45N3O5. The van der Waals surface area contributed by atoms with Crippen molar-refractivity contribution < 1.29 is 24.2 Å². The monoisotopic (exact) mass is 527 g/mol. The molecule has 2 bridgehead atoms. The van der Waals surface area contributed by atoms with Crippen molar-refractivity contribution in [2.75, 3.05) is 11.9 Å². The van der Waals surface area contributed by atoms with Crippen molar-refractivity contribution in [3.8, 4) is 0 Å².